The monoisotopic (exact) mass is 658 g/mol. The van der Waals surface area contributed by atoms with Crippen molar-refractivity contribution >= 4 is 70.2 Å². The van der Waals surface area contributed by atoms with E-state index < -0.39 is 0 Å². The summed E-state index contributed by atoms with van der Waals surface area (Å²) < 4.78 is 0. The van der Waals surface area contributed by atoms with Crippen molar-refractivity contribution in [3.8, 4) is 22.3 Å². The Morgan fingerprint density at radius 1 is 0.308 bits per heavy atom. The number of allylic oxidation sites excluding steroid dienone is 1. The molecule has 0 atom stereocenters. The van der Waals surface area contributed by atoms with Gasteiger partial charge in [-0.2, -0.15) is 0 Å². The third-order valence-electron chi connectivity index (χ3n) is 11.5. The molecule has 11 rings (SSSR count). The number of hydrogen-bond acceptors (Lipinski definition) is 0. The van der Waals surface area contributed by atoms with Crippen LogP contribution in [0.1, 0.15) is 23.1 Å². The highest BCUT2D eigenvalue weighted by molar-refractivity contribution is 6.34. The van der Waals surface area contributed by atoms with E-state index in [1.807, 2.05) is 0 Å². The fourth-order valence-electron chi connectivity index (χ4n) is 9.30. The second-order valence-corrected chi connectivity index (χ2v) is 14.2. The second kappa shape index (κ2) is 11.5. The summed E-state index contributed by atoms with van der Waals surface area (Å²) in [6.07, 6.45) is 4.60. The van der Waals surface area contributed by atoms with Crippen LogP contribution in [0, 0.1) is 0 Å². The zero-order valence-corrected chi connectivity index (χ0v) is 28.7. The van der Waals surface area contributed by atoms with Crippen LogP contribution in [0.3, 0.4) is 0 Å². The van der Waals surface area contributed by atoms with Crippen LogP contribution in [0.5, 0.6) is 0 Å². The molecule has 52 heavy (non-hydrogen) atoms. The molecule has 0 unspecified atom stereocenters. The lowest BCUT2D eigenvalue weighted by Crippen LogP contribution is -2.00. The minimum atomic E-state index is 1.07. The van der Waals surface area contributed by atoms with E-state index in [-0.39, 0.29) is 0 Å². The average molecular weight is 659 g/mol. The first kappa shape index (κ1) is 29.3. The van der Waals surface area contributed by atoms with Gasteiger partial charge in [0.1, 0.15) is 0 Å². The van der Waals surface area contributed by atoms with Gasteiger partial charge in [0.25, 0.3) is 0 Å². The zero-order valence-electron chi connectivity index (χ0n) is 28.7. The lowest BCUT2D eigenvalue weighted by Gasteiger charge is -2.21. The van der Waals surface area contributed by atoms with E-state index in [1.165, 1.54) is 109 Å². The number of benzene rings is 10. The molecular formula is C52H34. The Labute approximate surface area is 302 Å². The van der Waals surface area contributed by atoms with Gasteiger partial charge in [-0.15, -0.1) is 0 Å². The third kappa shape index (κ3) is 4.28. The maximum Gasteiger partial charge on any atom is -0.00199 e. The molecule has 0 heterocycles. The Kier molecular flexibility index (Phi) is 6.48. The number of fused-ring (bicyclic) bond motifs is 11. The predicted molar refractivity (Wildman–Crippen MR) is 224 cm³/mol. The number of hydrogen-bond donors (Lipinski definition) is 0. The van der Waals surface area contributed by atoms with Gasteiger partial charge in [-0.05, 0) is 134 Å². The Bertz CT molecular complexity index is 3060. The SMILES string of the molecule is C1=C(c2cccc(-c3c4ccccc4c(-c4cc5c6ccccc6c6ccccc6c5c5ccccc45)c4ccccc34)c2)c2ccccc2CC1. The summed E-state index contributed by atoms with van der Waals surface area (Å²) in [5, 5.41) is 15.5. The Morgan fingerprint density at radius 2 is 0.788 bits per heavy atom. The molecule has 0 saturated carbocycles. The molecule has 1 aliphatic carbocycles. The molecule has 0 bridgehead atoms. The van der Waals surface area contributed by atoms with Crippen LogP contribution in [0.15, 0.2) is 182 Å². The Hall–Kier alpha value is -6.50. The summed E-state index contributed by atoms with van der Waals surface area (Å²) in [6, 6.07) is 65.7. The van der Waals surface area contributed by atoms with Gasteiger partial charge in [0.05, 0.1) is 0 Å². The molecule has 0 heteroatoms. The molecule has 0 nitrogen and oxygen atoms in total. The fraction of sp³-hybridized carbons (Fsp3) is 0.0385. The summed E-state index contributed by atoms with van der Waals surface area (Å²) in [5.74, 6) is 0. The summed E-state index contributed by atoms with van der Waals surface area (Å²) >= 11 is 0. The lowest BCUT2D eigenvalue weighted by molar-refractivity contribution is 0.978. The van der Waals surface area contributed by atoms with Gasteiger partial charge in [-0.3, -0.25) is 0 Å². The van der Waals surface area contributed by atoms with Gasteiger partial charge < -0.3 is 0 Å². The minimum Gasteiger partial charge on any atom is -0.0757 e. The van der Waals surface area contributed by atoms with Crippen LogP contribution in [0.2, 0.25) is 0 Å². The van der Waals surface area contributed by atoms with Crippen molar-refractivity contribution < 1.29 is 0 Å². The molecule has 0 spiro atoms. The summed E-state index contributed by atoms with van der Waals surface area (Å²) in [7, 11) is 0. The van der Waals surface area contributed by atoms with Crippen molar-refractivity contribution in [3.05, 3.63) is 199 Å². The van der Waals surface area contributed by atoms with E-state index in [0.717, 1.165) is 12.8 Å². The van der Waals surface area contributed by atoms with Crippen molar-refractivity contribution in [2.75, 3.05) is 0 Å². The maximum atomic E-state index is 2.49. The summed E-state index contributed by atoms with van der Waals surface area (Å²) in [6.45, 7) is 0. The first-order chi connectivity index (χ1) is 25.8. The quantitative estimate of drug-likeness (QED) is 0.131. The summed E-state index contributed by atoms with van der Waals surface area (Å²) in [4.78, 5) is 0. The molecule has 0 aromatic heterocycles. The van der Waals surface area contributed by atoms with Crippen LogP contribution in [0.25, 0.3) is 92.5 Å². The lowest BCUT2D eigenvalue weighted by atomic mass is 9.82. The molecular weight excluding hydrogens is 625 g/mol. The molecule has 242 valence electrons. The topological polar surface area (TPSA) is 0 Å². The molecule has 0 radical (unpaired) electrons. The van der Waals surface area contributed by atoms with Crippen molar-refractivity contribution in [3.63, 3.8) is 0 Å². The molecule has 0 aliphatic heterocycles. The van der Waals surface area contributed by atoms with E-state index in [2.05, 4.69) is 182 Å². The molecule has 0 N–H and O–H groups in total. The van der Waals surface area contributed by atoms with Crippen LogP contribution in [0.4, 0.5) is 0 Å². The minimum absolute atomic E-state index is 1.07. The highest BCUT2D eigenvalue weighted by atomic mass is 14.2. The standard InChI is InChI=1S/C52H34/c1-2-19-36-33(15-1)16-14-30-37(36)34-17-13-18-35(31-34)50-44-26-9-11-28-46(44)52(47-29-12-10-27-45(47)50)49-32-48-40-22-4-3-20-38(40)39-21-5-7-24-42(39)51(48)43-25-8-6-23-41(43)49/h1-13,15,17-32H,14,16H2. The highest BCUT2D eigenvalue weighted by Crippen LogP contribution is 2.49. The van der Waals surface area contributed by atoms with Gasteiger partial charge in [0.15, 0.2) is 0 Å². The van der Waals surface area contributed by atoms with Crippen LogP contribution in [-0.2, 0) is 6.42 Å². The van der Waals surface area contributed by atoms with Crippen molar-refractivity contribution in [1.82, 2.24) is 0 Å². The smallest absolute Gasteiger partial charge is 0.00199 e. The van der Waals surface area contributed by atoms with E-state index in [0.29, 0.717) is 0 Å². The zero-order chi connectivity index (χ0) is 34.2. The van der Waals surface area contributed by atoms with Crippen LogP contribution in [-0.4, -0.2) is 0 Å². The number of rotatable bonds is 3. The maximum absolute atomic E-state index is 2.49. The van der Waals surface area contributed by atoms with Crippen molar-refractivity contribution in [2.24, 2.45) is 0 Å². The molecule has 0 saturated heterocycles. The van der Waals surface area contributed by atoms with Crippen LogP contribution >= 0.6 is 0 Å². The number of aryl methyl sites for hydroxylation is 1. The van der Waals surface area contributed by atoms with Crippen molar-refractivity contribution in [2.45, 2.75) is 12.8 Å². The van der Waals surface area contributed by atoms with E-state index in [4.69, 9.17) is 0 Å². The van der Waals surface area contributed by atoms with Crippen molar-refractivity contribution in [1.29, 1.82) is 0 Å². The predicted octanol–water partition coefficient (Wildman–Crippen LogP) is 14.3. The van der Waals surface area contributed by atoms with Gasteiger partial charge >= 0.3 is 0 Å². The fourth-order valence-corrected chi connectivity index (χ4v) is 9.30. The molecule has 10 aromatic carbocycles. The van der Waals surface area contributed by atoms with E-state index in [1.54, 1.807) is 0 Å². The van der Waals surface area contributed by atoms with Crippen LogP contribution < -0.4 is 0 Å². The molecule has 1 aliphatic rings. The summed E-state index contributed by atoms with van der Waals surface area (Å²) in [5.41, 5.74) is 10.5. The molecule has 10 aromatic rings. The largest absolute Gasteiger partial charge is 0.0757 e. The van der Waals surface area contributed by atoms with Gasteiger partial charge in [0.2, 0.25) is 0 Å². The first-order valence-electron chi connectivity index (χ1n) is 18.4. The highest BCUT2D eigenvalue weighted by Gasteiger charge is 2.21. The van der Waals surface area contributed by atoms with E-state index in [9.17, 15) is 0 Å². The third-order valence-corrected chi connectivity index (χ3v) is 11.5. The second-order valence-electron chi connectivity index (χ2n) is 14.2. The van der Waals surface area contributed by atoms with Gasteiger partial charge in [-0.1, -0.05) is 170 Å². The normalized spacial score (nSPS) is 13.0. The van der Waals surface area contributed by atoms with E-state index >= 15 is 0 Å². The molecule has 0 amide bonds. The Balaban J connectivity index is 1.24. The average Bonchev–Trinajstić information content (AvgIpc) is 3.22. The Morgan fingerprint density at radius 3 is 1.46 bits per heavy atom. The van der Waals surface area contributed by atoms with Gasteiger partial charge in [-0.25, -0.2) is 0 Å². The first-order valence-corrected chi connectivity index (χ1v) is 18.4. The van der Waals surface area contributed by atoms with Gasteiger partial charge in [0, 0.05) is 0 Å². The molecule has 0 fully saturated rings.